The second-order valence-corrected chi connectivity index (χ2v) is 3.41. The van der Waals surface area contributed by atoms with Crippen LogP contribution in [0.3, 0.4) is 0 Å². The van der Waals surface area contributed by atoms with Crippen molar-refractivity contribution in [3.63, 3.8) is 0 Å². The molecule has 0 bridgehead atoms. The number of ketones is 1. The number of allylic oxidation sites excluding steroid dienone is 3. The molecule has 0 spiro atoms. The normalized spacial score (nSPS) is 23.7. The van der Waals surface area contributed by atoms with Crippen molar-refractivity contribution in [3.8, 4) is 6.07 Å². The summed E-state index contributed by atoms with van der Waals surface area (Å²) in [5.41, 5.74) is 7.59. The van der Waals surface area contributed by atoms with E-state index in [1.54, 1.807) is 6.08 Å². The van der Waals surface area contributed by atoms with Gasteiger partial charge >= 0.3 is 5.71 Å². The van der Waals surface area contributed by atoms with Crippen LogP contribution in [-0.2, 0) is 4.79 Å². The predicted molar refractivity (Wildman–Crippen MR) is 54.9 cm³/mol. The van der Waals surface area contributed by atoms with Gasteiger partial charge in [0.1, 0.15) is 0 Å². The molecule has 0 heterocycles. The summed E-state index contributed by atoms with van der Waals surface area (Å²) in [6.07, 6.45) is 6.51. The maximum atomic E-state index is 11.3. The fourth-order valence-corrected chi connectivity index (χ4v) is 1.61. The van der Waals surface area contributed by atoms with Crippen LogP contribution in [0.15, 0.2) is 24.8 Å². The van der Waals surface area contributed by atoms with Gasteiger partial charge in [0.05, 0.1) is 6.07 Å². The Balaban J connectivity index is 2.92. The van der Waals surface area contributed by atoms with E-state index < -0.39 is 11.2 Å². The van der Waals surface area contributed by atoms with E-state index in [0.29, 0.717) is 6.42 Å². The third kappa shape index (κ3) is 1.93. The van der Waals surface area contributed by atoms with Gasteiger partial charge in [-0.2, -0.15) is 10.1 Å². The van der Waals surface area contributed by atoms with Gasteiger partial charge in [0.25, 0.3) is 5.78 Å². The van der Waals surface area contributed by atoms with Gasteiger partial charge in [-0.15, -0.1) is 6.58 Å². The standard InChI is InChI=1S/C11H11N3O/c1-2-3-4-6-11(8-12)7-5-9(15)10(11)14-13/h2,5,7H,1,3-4,6H2. The highest BCUT2D eigenvalue weighted by Gasteiger charge is 2.48. The molecular formula is C11H11N3O. The minimum atomic E-state index is -1.05. The fourth-order valence-electron chi connectivity index (χ4n) is 1.61. The SMILES string of the molecule is C=CCCCC1(C#N)C=CC(=O)C1=[N+]=[N-]. The van der Waals surface area contributed by atoms with Gasteiger partial charge in [-0.1, -0.05) is 6.08 Å². The molecule has 0 saturated heterocycles. The quantitative estimate of drug-likeness (QED) is 0.300. The van der Waals surface area contributed by atoms with E-state index in [-0.39, 0.29) is 5.71 Å². The highest BCUT2D eigenvalue weighted by atomic mass is 16.1. The summed E-state index contributed by atoms with van der Waals surface area (Å²) in [5, 5.41) is 9.06. The van der Waals surface area contributed by atoms with Gasteiger partial charge in [0.2, 0.25) is 0 Å². The van der Waals surface area contributed by atoms with Crippen LogP contribution in [-0.4, -0.2) is 16.3 Å². The highest BCUT2D eigenvalue weighted by molar-refractivity contribution is 6.47. The van der Waals surface area contributed by atoms with Crippen molar-refractivity contribution < 1.29 is 9.58 Å². The summed E-state index contributed by atoms with van der Waals surface area (Å²) in [6, 6.07) is 2.04. The summed E-state index contributed by atoms with van der Waals surface area (Å²) in [7, 11) is 0. The fraction of sp³-hybridized carbons (Fsp3) is 0.364. The summed E-state index contributed by atoms with van der Waals surface area (Å²) in [4.78, 5) is 14.2. The Labute approximate surface area is 88.1 Å². The number of nitrogens with zero attached hydrogens (tertiary/aromatic N) is 3. The summed E-state index contributed by atoms with van der Waals surface area (Å²) in [5.74, 6) is -0.391. The zero-order valence-corrected chi connectivity index (χ0v) is 8.31. The largest absolute Gasteiger partial charge is 0.362 e. The van der Waals surface area contributed by atoms with E-state index in [1.165, 1.54) is 12.2 Å². The molecule has 0 saturated carbocycles. The van der Waals surface area contributed by atoms with Crippen molar-refractivity contribution in [3.05, 3.63) is 30.3 Å². The summed E-state index contributed by atoms with van der Waals surface area (Å²) < 4.78 is 0. The molecule has 4 heteroatoms. The van der Waals surface area contributed by atoms with Gasteiger partial charge in [-0.3, -0.25) is 4.79 Å². The molecule has 4 nitrogen and oxygen atoms in total. The Morgan fingerprint density at radius 1 is 1.73 bits per heavy atom. The molecule has 0 aliphatic heterocycles. The first-order chi connectivity index (χ1) is 7.20. The molecule has 0 fully saturated rings. The number of carbonyl (C=O) groups excluding carboxylic acids is 1. The van der Waals surface area contributed by atoms with Gasteiger partial charge in [-0.25, -0.2) is 0 Å². The highest BCUT2D eigenvalue weighted by Crippen LogP contribution is 2.31. The van der Waals surface area contributed by atoms with Crippen LogP contribution in [0.1, 0.15) is 19.3 Å². The first-order valence-electron chi connectivity index (χ1n) is 4.68. The minimum absolute atomic E-state index is 0.0749. The average Bonchev–Trinajstić information content (AvgIpc) is 2.56. The molecule has 0 amide bonds. The van der Waals surface area contributed by atoms with Crippen LogP contribution in [0, 0.1) is 16.7 Å². The van der Waals surface area contributed by atoms with E-state index in [9.17, 15) is 4.79 Å². The zero-order chi connectivity index (χ0) is 11.3. The van der Waals surface area contributed by atoms with E-state index in [4.69, 9.17) is 10.8 Å². The average molecular weight is 201 g/mol. The third-order valence-electron chi connectivity index (χ3n) is 2.45. The third-order valence-corrected chi connectivity index (χ3v) is 2.45. The number of hydrogen-bond acceptors (Lipinski definition) is 2. The van der Waals surface area contributed by atoms with Crippen LogP contribution >= 0.6 is 0 Å². The molecule has 0 aromatic rings. The lowest BCUT2D eigenvalue weighted by atomic mass is 9.82. The molecule has 1 aliphatic carbocycles. The Bertz CT molecular complexity index is 410. The molecule has 0 radical (unpaired) electrons. The predicted octanol–water partition coefficient (Wildman–Crippen LogP) is 1.66. The van der Waals surface area contributed by atoms with Gasteiger partial charge in [-0.05, 0) is 31.4 Å². The number of rotatable bonds is 4. The van der Waals surface area contributed by atoms with Crippen molar-refractivity contribution in [2.24, 2.45) is 5.41 Å². The molecule has 0 aromatic carbocycles. The minimum Gasteiger partial charge on any atom is -0.361 e. The lowest BCUT2D eigenvalue weighted by Gasteiger charge is -2.11. The zero-order valence-electron chi connectivity index (χ0n) is 8.31. The van der Waals surface area contributed by atoms with E-state index in [1.807, 2.05) is 6.07 Å². The Morgan fingerprint density at radius 2 is 2.47 bits per heavy atom. The summed E-state index contributed by atoms with van der Waals surface area (Å²) in [6.45, 7) is 3.58. The van der Waals surface area contributed by atoms with Crippen LogP contribution < -0.4 is 0 Å². The number of nitriles is 1. The number of unbranched alkanes of at least 4 members (excludes halogenated alkanes) is 1. The van der Waals surface area contributed by atoms with Crippen molar-refractivity contribution >= 4 is 11.5 Å². The second-order valence-electron chi connectivity index (χ2n) is 3.41. The number of hydrogen-bond donors (Lipinski definition) is 0. The maximum absolute atomic E-state index is 11.3. The summed E-state index contributed by atoms with van der Waals surface area (Å²) >= 11 is 0. The molecule has 1 rings (SSSR count). The van der Waals surface area contributed by atoms with Gasteiger partial charge < -0.3 is 5.53 Å². The number of carbonyl (C=O) groups is 1. The van der Waals surface area contributed by atoms with Crippen molar-refractivity contribution in [2.75, 3.05) is 0 Å². The lowest BCUT2D eigenvalue weighted by molar-refractivity contribution is -0.113. The van der Waals surface area contributed by atoms with E-state index >= 15 is 0 Å². The molecule has 0 aromatic heterocycles. The molecule has 15 heavy (non-hydrogen) atoms. The molecular weight excluding hydrogens is 190 g/mol. The first-order valence-corrected chi connectivity index (χ1v) is 4.68. The van der Waals surface area contributed by atoms with Crippen LogP contribution in [0.25, 0.3) is 5.53 Å². The van der Waals surface area contributed by atoms with E-state index in [0.717, 1.165) is 12.8 Å². The van der Waals surface area contributed by atoms with E-state index in [2.05, 4.69) is 11.4 Å². The molecule has 1 aliphatic rings. The second kappa shape index (κ2) is 4.50. The van der Waals surface area contributed by atoms with Crippen LogP contribution in [0.2, 0.25) is 0 Å². The Hall–Kier alpha value is -1.98. The van der Waals surface area contributed by atoms with Crippen molar-refractivity contribution in [2.45, 2.75) is 19.3 Å². The molecule has 76 valence electrons. The van der Waals surface area contributed by atoms with Crippen LogP contribution in [0.4, 0.5) is 0 Å². The smallest absolute Gasteiger partial charge is 0.361 e. The monoisotopic (exact) mass is 201 g/mol. The van der Waals surface area contributed by atoms with Crippen molar-refractivity contribution in [1.29, 1.82) is 5.26 Å². The van der Waals surface area contributed by atoms with Crippen LogP contribution in [0.5, 0.6) is 0 Å². The Morgan fingerprint density at radius 3 is 3.00 bits per heavy atom. The first kappa shape index (κ1) is 11.1. The molecule has 1 atom stereocenters. The molecule has 1 unspecified atom stereocenters. The lowest BCUT2D eigenvalue weighted by Crippen LogP contribution is -2.29. The van der Waals surface area contributed by atoms with Gasteiger partial charge in [0.15, 0.2) is 5.41 Å². The van der Waals surface area contributed by atoms with Gasteiger partial charge in [0, 0.05) is 0 Å². The maximum Gasteiger partial charge on any atom is 0.362 e. The Kier molecular flexibility index (Phi) is 3.33. The molecule has 0 N–H and O–H groups in total. The van der Waals surface area contributed by atoms with Crippen molar-refractivity contribution in [1.82, 2.24) is 0 Å². The topological polar surface area (TPSA) is 77.3 Å².